The molecule has 188 valence electrons. The van der Waals surface area contributed by atoms with E-state index >= 15 is 4.39 Å². The highest BCUT2D eigenvalue weighted by Crippen LogP contribution is 2.41. The number of likely N-dealkylation sites (tertiary alicyclic amines) is 1. The van der Waals surface area contributed by atoms with Crippen LogP contribution >= 0.6 is 0 Å². The fourth-order valence-electron chi connectivity index (χ4n) is 6.05. The van der Waals surface area contributed by atoms with Gasteiger partial charge < -0.3 is 20.5 Å². The molecule has 1 aromatic carbocycles. The Labute approximate surface area is 203 Å². The van der Waals surface area contributed by atoms with Gasteiger partial charge in [0.2, 0.25) is 0 Å². The number of piperidine rings is 1. The van der Waals surface area contributed by atoms with Crippen LogP contribution in [-0.2, 0) is 6.54 Å². The molecule has 0 amide bonds. The third kappa shape index (κ3) is 5.89. The van der Waals surface area contributed by atoms with Gasteiger partial charge in [0.05, 0.1) is 12.6 Å². The van der Waals surface area contributed by atoms with Gasteiger partial charge in [0.1, 0.15) is 11.9 Å². The second-order valence-electron chi connectivity index (χ2n) is 10.6. The highest BCUT2D eigenvalue weighted by molar-refractivity contribution is 5.85. The van der Waals surface area contributed by atoms with E-state index in [0.29, 0.717) is 24.2 Å². The van der Waals surface area contributed by atoms with Crippen LogP contribution < -0.4 is 10.5 Å². The fourth-order valence-corrected chi connectivity index (χ4v) is 6.05. The van der Waals surface area contributed by atoms with Crippen molar-refractivity contribution in [3.63, 3.8) is 0 Å². The van der Waals surface area contributed by atoms with Crippen LogP contribution in [0, 0.1) is 11.3 Å². The molecule has 0 radical (unpaired) electrons. The van der Waals surface area contributed by atoms with Crippen molar-refractivity contribution in [1.29, 1.82) is 0 Å². The Kier molecular flexibility index (Phi) is 8.78. The predicted molar refractivity (Wildman–Crippen MR) is 136 cm³/mol. The predicted octanol–water partition coefficient (Wildman–Crippen LogP) is 5.54. The number of hydrogen-bond acceptors (Lipinski definition) is 5. The van der Waals surface area contributed by atoms with Crippen molar-refractivity contribution in [2.24, 2.45) is 17.1 Å². The van der Waals surface area contributed by atoms with E-state index in [4.69, 9.17) is 10.5 Å². The first kappa shape index (κ1) is 25.3. The lowest BCUT2D eigenvalue weighted by molar-refractivity contribution is 0.0281. The first-order valence-electron chi connectivity index (χ1n) is 13.2. The van der Waals surface area contributed by atoms with Crippen LogP contribution in [0.25, 0.3) is 10.9 Å². The molecule has 1 atom stereocenters. The van der Waals surface area contributed by atoms with Gasteiger partial charge in [-0.2, -0.15) is 0 Å². The number of nitrogens with two attached hydrogens (primary N) is 1. The number of methoxy groups -OCH3 is 1. The molecule has 2 heterocycles. The van der Waals surface area contributed by atoms with Gasteiger partial charge in [-0.1, -0.05) is 32.1 Å². The molecule has 1 saturated heterocycles. The van der Waals surface area contributed by atoms with Gasteiger partial charge in [-0.3, -0.25) is 4.98 Å². The summed E-state index contributed by atoms with van der Waals surface area (Å²) in [4.78, 5) is 7.02. The highest BCUT2D eigenvalue weighted by atomic mass is 19.1. The van der Waals surface area contributed by atoms with Crippen molar-refractivity contribution in [2.75, 3.05) is 33.4 Å². The number of aliphatic hydroxyl groups excluding tert-OH is 1. The average molecular weight is 472 g/mol. The van der Waals surface area contributed by atoms with Gasteiger partial charge >= 0.3 is 0 Å². The maximum Gasteiger partial charge on any atom is 0.126 e. The summed E-state index contributed by atoms with van der Waals surface area (Å²) in [7, 11) is 1.61. The van der Waals surface area contributed by atoms with Gasteiger partial charge in [0.25, 0.3) is 0 Å². The van der Waals surface area contributed by atoms with Gasteiger partial charge in [-0.25, -0.2) is 4.39 Å². The molecular weight excluding hydrogens is 429 g/mol. The largest absolute Gasteiger partial charge is 0.497 e. The lowest BCUT2D eigenvalue weighted by Crippen LogP contribution is -2.42. The minimum Gasteiger partial charge on any atom is -0.497 e. The van der Waals surface area contributed by atoms with Crippen LogP contribution in [0.15, 0.2) is 24.4 Å². The second-order valence-corrected chi connectivity index (χ2v) is 10.6. The Bertz CT molecular complexity index is 918. The minimum absolute atomic E-state index is 0.130. The third-order valence-electron chi connectivity index (χ3n) is 8.49. The van der Waals surface area contributed by atoms with E-state index in [1.54, 1.807) is 13.3 Å². The number of aromatic nitrogens is 1. The molecule has 1 aromatic heterocycles. The summed E-state index contributed by atoms with van der Waals surface area (Å²) in [5.41, 5.74) is 7.89. The maximum absolute atomic E-state index is 15.8. The summed E-state index contributed by atoms with van der Waals surface area (Å²) in [6.45, 7) is 3.56. The topological polar surface area (TPSA) is 71.6 Å². The van der Waals surface area contributed by atoms with Crippen LogP contribution in [-0.4, -0.2) is 48.3 Å². The molecule has 4 rings (SSSR count). The minimum atomic E-state index is -1.15. The van der Waals surface area contributed by atoms with Crippen LogP contribution in [0.5, 0.6) is 5.75 Å². The standard InChI is InChI=1S/C28H42FN3O2/c1-34-23-7-8-26-24(17-23)27(22(18-30)19-31-26)25(29)9-11-28(20-33)12-15-32(16-13-28)14-10-21-5-3-2-4-6-21/h7-8,17,19,21,25,33H,2-6,9-16,18,20,30H2,1H3/t25-/m0/s1. The Morgan fingerprint density at radius 1 is 1.24 bits per heavy atom. The van der Waals surface area contributed by atoms with Crippen molar-refractivity contribution < 1.29 is 14.2 Å². The molecule has 0 spiro atoms. The molecule has 0 unspecified atom stereocenters. The number of rotatable bonds is 10. The Balaban J connectivity index is 1.38. The molecule has 5 nitrogen and oxygen atoms in total. The number of ether oxygens (including phenoxy) is 1. The smallest absolute Gasteiger partial charge is 0.126 e. The molecule has 1 aliphatic carbocycles. The SMILES string of the molecule is COc1ccc2ncc(CN)c([C@@H](F)CCC3(CO)CCN(CCC4CCCCC4)CC3)c2c1. The quantitative estimate of drug-likeness (QED) is 0.476. The number of aliphatic hydroxyl groups is 1. The average Bonchev–Trinajstić information content (AvgIpc) is 2.90. The molecule has 3 N–H and O–H groups in total. The summed E-state index contributed by atoms with van der Waals surface area (Å²) in [5.74, 6) is 1.58. The lowest BCUT2D eigenvalue weighted by atomic mass is 9.74. The summed E-state index contributed by atoms with van der Waals surface area (Å²) in [5, 5.41) is 11.1. The Morgan fingerprint density at radius 2 is 2.00 bits per heavy atom. The van der Waals surface area contributed by atoms with Crippen molar-refractivity contribution in [3.05, 3.63) is 35.5 Å². The second kappa shape index (κ2) is 11.8. The normalized spacial score (nSPS) is 20.5. The summed E-state index contributed by atoms with van der Waals surface area (Å²) in [6.07, 6.45) is 11.8. The number of fused-ring (bicyclic) bond motifs is 1. The van der Waals surface area contributed by atoms with Crippen molar-refractivity contribution >= 4 is 10.9 Å². The summed E-state index contributed by atoms with van der Waals surface area (Å²) >= 11 is 0. The summed E-state index contributed by atoms with van der Waals surface area (Å²) < 4.78 is 21.2. The number of benzene rings is 1. The third-order valence-corrected chi connectivity index (χ3v) is 8.49. The van der Waals surface area contributed by atoms with E-state index < -0.39 is 6.17 Å². The van der Waals surface area contributed by atoms with Gasteiger partial charge in [-0.15, -0.1) is 0 Å². The van der Waals surface area contributed by atoms with Gasteiger partial charge in [0.15, 0.2) is 0 Å². The van der Waals surface area contributed by atoms with Crippen LogP contribution in [0.4, 0.5) is 4.39 Å². The number of pyridine rings is 1. The van der Waals surface area contributed by atoms with Crippen LogP contribution in [0.2, 0.25) is 0 Å². The molecule has 1 saturated carbocycles. The zero-order chi connectivity index (χ0) is 24.0. The molecule has 0 bridgehead atoms. The number of nitrogens with zero attached hydrogens (tertiary/aromatic N) is 2. The first-order chi connectivity index (χ1) is 16.6. The van der Waals surface area contributed by atoms with E-state index in [9.17, 15) is 5.11 Å². The molecule has 34 heavy (non-hydrogen) atoms. The fraction of sp³-hybridized carbons (Fsp3) is 0.679. The van der Waals surface area contributed by atoms with Gasteiger partial charge in [-0.05, 0) is 86.8 Å². The molecule has 2 fully saturated rings. The molecular formula is C28H42FN3O2. The van der Waals surface area contributed by atoms with Crippen molar-refractivity contribution in [3.8, 4) is 5.75 Å². The summed E-state index contributed by atoms with van der Waals surface area (Å²) in [6, 6.07) is 5.57. The van der Waals surface area contributed by atoms with E-state index in [1.807, 2.05) is 18.2 Å². The number of hydrogen-bond donors (Lipinski definition) is 2. The van der Waals surface area contributed by atoms with Crippen molar-refractivity contribution in [2.45, 2.75) is 76.9 Å². The zero-order valence-corrected chi connectivity index (χ0v) is 20.8. The van der Waals surface area contributed by atoms with E-state index in [2.05, 4.69) is 9.88 Å². The maximum atomic E-state index is 15.8. The monoisotopic (exact) mass is 471 g/mol. The van der Waals surface area contributed by atoms with E-state index in [-0.39, 0.29) is 18.6 Å². The van der Waals surface area contributed by atoms with E-state index in [1.165, 1.54) is 45.1 Å². The first-order valence-corrected chi connectivity index (χ1v) is 13.2. The lowest BCUT2D eigenvalue weighted by Gasteiger charge is -2.41. The molecule has 6 heteroatoms. The molecule has 2 aliphatic rings. The number of halogens is 1. The molecule has 1 aliphatic heterocycles. The van der Waals surface area contributed by atoms with Crippen LogP contribution in [0.1, 0.15) is 81.5 Å². The molecule has 2 aromatic rings. The number of alkyl halides is 1. The van der Waals surface area contributed by atoms with Crippen molar-refractivity contribution in [1.82, 2.24) is 9.88 Å². The highest BCUT2D eigenvalue weighted by Gasteiger charge is 2.35. The Hall–Kier alpha value is -1.76. The van der Waals surface area contributed by atoms with Gasteiger partial charge in [0, 0.05) is 30.3 Å². The van der Waals surface area contributed by atoms with E-state index in [0.717, 1.165) is 48.3 Å². The Morgan fingerprint density at radius 3 is 2.68 bits per heavy atom. The zero-order valence-electron chi connectivity index (χ0n) is 20.8. The van der Waals surface area contributed by atoms with Crippen LogP contribution in [0.3, 0.4) is 0 Å².